The lowest BCUT2D eigenvalue weighted by atomic mass is 10.1. The molecule has 10 nitrogen and oxygen atoms in total. The summed E-state index contributed by atoms with van der Waals surface area (Å²) in [5, 5.41) is 18.3. The van der Waals surface area contributed by atoms with Gasteiger partial charge < -0.3 is 24.6 Å². The quantitative estimate of drug-likeness (QED) is 0.0251. The van der Waals surface area contributed by atoms with Gasteiger partial charge in [0.25, 0.3) is 0 Å². The van der Waals surface area contributed by atoms with Gasteiger partial charge in [0.1, 0.15) is 12.7 Å². The zero-order chi connectivity index (χ0) is 36.3. The summed E-state index contributed by atoms with van der Waals surface area (Å²) in [6.45, 7) is 2.28. The first-order chi connectivity index (χ1) is 23.7. The van der Waals surface area contributed by atoms with E-state index in [-0.39, 0.29) is 19.4 Å². The maximum Gasteiger partial charge on any atom is 0.472 e. The van der Waals surface area contributed by atoms with E-state index in [0.29, 0.717) is 12.8 Å². The smallest absolute Gasteiger partial charge is 0.462 e. The number of hydrogen-bond acceptors (Lipinski definition) is 9. The molecule has 0 aliphatic heterocycles. The fourth-order valence-corrected chi connectivity index (χ4v) is 5.61. The van der Waals surface area contributed by atoms with Crippen LogP contribution in [0.4, 0.5) is 0 Å². The van der Waals surface area contributed by atoms with Crippen molar-refractivity contribution in [2.75, 3.05) is 26.4 Å². The fraction of sp³-hybridized carbons (Fsp3) is 0.789. The van der Waals surface area contributed by atoms with Gasteiger partial charge in [0.2, 0.25) is 0 Å². The van der Waals surface area contributed by atoms with Gasteiger partial charge in [-0.3, -0.25) is 18.6 Å². The van der Waals surface area contributed by atoms with Crippen molar-refractivity contribution >= 4 is 19.8 Å². The predicted octanol–water partition coefficient (Wildman–Crippen LogP) is 9.22. The van der Waals surface area contributed by atoms with E-state index in [2.05, 4.69) is 54.8 Å². The molecule has 0 aliphatic carbocycles. The highest BCUT2D eigenvalue weighted by atomic mass is 31.2. The van der Waals surface area contributed by atoms with E-state index in [1.807, 2.05) is 0 Å². The van der Waals surface area contributed by atoms with E-state index in [1.165, 1.54) is 64.2 Å². The van der Waals surface area contributed by atoms with Crippen molar-refractivity contribution < 1.29 is 47.8 Å². The molecule has 286 valence electrons. The van der Waals surface area contributed by atoms with Crippen LogP contribution in [-0.2, 0) is 32.7 Å². The Balaban J connectivity index is 4.46. The molecule has 0 fully saturated rings. The van der Waals surface area contributed by atoms with Crippen LogP contribution in [0.15, 0.2) is 36.5 Å². The van der Waals surface area contributed by atoms with Gasteiger partial charge in [-0.1, -0.05) is 127 Å². The normalized spacial score (nSPS) is 14.5. The van der Waals surface area contributed by atoms with Crippen LogP contribution in [0, 0.1) is 0 Å². The highest BCUT2D eigenvalue weighted by Crippen LogP contribution is 2.43. The zero-order valence-electron chi connectivity index (χ0n) is 30.7. The van der Waals surface area contributed by atoms with Gasteiger partial charge in [-0.2, -0.15) is 0 Å². The van der Waals surface area contributed by atoms with Crippen molar-refractivity contribution in [2.45, 2.75) is 167 Å². The second-order valence-corrected chi connectivity index (χ2v) is 14.1. The Hall–Kier alpha value is -1.81. The highest BCUT2D eigenvalue weighted by Gasteiger charge is 2.27. The third kappa shape index (κ3) is 34.4. The van der Waals surface area contributed by atoms with E-state index in [0.717, 1.165) is 51.4 Å². The minimum absolute atomic E-state index is 0.136. The third-order valence-electron chi connectivity index (χ3n) is 7.80. The summed E-state index contributed by atoms with van der Waals surface area (Å²) in [6.07, 6.45) is 32.6. The average Bonchev–Trinajstić information content (AvgIpc) is 3.09. The predicted molar refractivity (Wildman–Crippen MR) is 196 cm³/mol. The van der Waals surface area contributed by atoms with Gasteiger partial charge >= 0.3 is 19.8 Å². The zero-order valence-corrected chi connectivity index (χ0v) is 31.5. The minimum Gasteiger partial charge on any atom is -0.462 e. The molecule has 0 aromatic carbocycles. The van der Waals surface area contributed by atoms with Crippen LogP contribution >= 0.6 is 7.82 Å². The molecule has 1 unspecified atom stereocenters. The van der Waals surface area contributed by atoms with E-state index in [1.54, 1.807) is 0 Å². The Morgan fingerprint density at radius 2 is 1.06 bits per heavy atom. The van der Waals surface area contributed by atoms with Crippen molar-refractivity contribution in [2.24, 2.45) is 0 Å². The number of aliphatic hydroxyl groups is 2. The topological polar surface area (TPSA) is 149 Å². The number of phosphoric acid groups is 1. The molecule has 0 amide bonds. The van der Waals surface area contributed by atoms with Crippen molar-refractivity contribution in [1.29, 1.82) is 0 Å². The maximum atomic E-state index is 12.5. The molecule has 0 aromatic heterocycles. The summed E-state index contributed by atoms with van der Waals surface area (Å²) in [5.41, 5.74) is 0. The Labute approximate surface area is 297 Å². The number of hydrogen-bond donors (Lipinski definition) is 3. The number of rotatable bonds is 35. The molecule has 0 aromatic rings. The summed E-state index contributed by atoms with van der Waals surface area (Å²) in [7, 11) is -4.62. The first-order valence-electron chi connectivity index (χ1n) is 18.9. The third-order valence-corrected chi connectivity index (χ3v) is 8.75. The number of carbonyl (C=O) groups excluding carboxylic acids is 2. The lowest BCUT2D eigenvalue weighted by Gasteiger charge is -2.20. The highest BCUT2D eigenvalue weighted by molar-refractivity contribution is 7.47. The molecule has 49 heavy (non-hydrogen) atoms. The number of aliphatic hydroxyl groups excluding tert-OH is 2. The number of esters is 2. The summed E-state index contributed by atoms with van der Waals surface area (Å²) in [5.74, 6) is -0.971. The van der Waals surface area contributed by atoms with Gasteiger partial charge in [-0.25, -0.2) is 4.57 Å². The summed E-state index contributed by atoms with van der Waals surface area (Å²) in [4.78, 5) is 34.8. The average molecular weight is 717 g/mol. The van der Waals surface area contributed by atoms with Crippen LogP contribution in [-0.4, -0.2) is 65.7 Å². The fourth-order valence-electron chi connectivity index (χ4n) is 4.82. The molecule has 11 heteroatoms. The molecule has 0 spiro atoms. The Morgan fingerprint density at radius 3 is 1.63 bits per heavy atom. The first-order valence-corrected chi connectivity index (χ1v) is 20.4. The molecule has 3 N–H and O–H groups in total. The summed E-state index contributed by atoms with van der Waals surface area (Å²) in [6, 6.07) is 0. The minimum atomic E-state index is -4.62. The molecular weight excluding hydrogens is 647 g/mol. The van der Waals surface area contributed by atoms with Gasteiger partial charge in [-0.05, 0) is 51.4 Å². The van der Waals surface area contributed by atoms with Crippen molar-refractivity contribution in [3.63, 3.8) is 0 Å². The lowest BCUT2D eigenvalue weighted by Crippen LogP contribution is -2.29. The molecule has 0 heterocycles. The van der Waals surface area contributed by atoms with Crippen LogP contribution in [0.5, 0.6) is 0 Å². The SMILES string of the molecule is CCCCC/C=C/C/C=C/C/C=C/CCCCC(=O)O[C@H](COC(=O)CCCCCCCCCCCCC)COP(=O)(O)OC[C@@H](O)CO. The molecule has 0 radical (unpaired) electrons. The van der Waals surface area contributed by atoms with Crippen molar-refractivity contribution in [1.82, 2.24) is 0 Å². The van der Waals surface area contributed by atoms with E-state index < -0.39 is 51.8 Å². The maximum absolute atomic E-state index is 12.5. The van der Waals surface area contributed by atoms with Gasteiger partial charge in [0, 0.05) is 12.8 Å². The molecular formula is C38H69O10P. The Bertz CT molecular complexity index is 920. The first kappa shape index (κ1) is 47.2. The number of unbranched alkanes of at least 4 members (excludes halogenated alkanes) is 15. The van der Waals surface area contributed by atoms with Gasteiger partial charge in [-0.15, -0.1) is 0 Å². The standard InChI is InChI=1S/C38H69O10P/c1-3-5-7-9-11-13-15-16-17-18-20-22-24-26-28-30-38(42)48-36(34-47-49(43,44)46-32-35(40)31-39)33-45-37(41)29-27-25-23-21-19-14-12-10-8-6-4-2/h11,13,16-17,20,22,35-36,39-40H,3-10,12,14-15,18-19,21,23-34H2,1-2H3,(H,43,44)/b13-11+,17-16+,22-20+/t35-,36+/m0/s1. The lowest BCUT2D eigenvalue weighted by molar-refractivity contribution is -0.161. The number of ether oxygens (including phenoxy) is 2. The van der Waals surface area contributed by atoms with Crippen LogP contribution in [0.3, 0.4) is 0 Å². The van der Waals surface area contributed by atoms with E-state index in [4.69, 9.17) is 19.1 Å². The van der Waals surface area contributed by atoms with Crippen LogP contribution in [0.2, 0.25) is 0 Å². The summed E-state index contributed by atoms with van der Waals surface area (Å²) >= 11 is 0. The largest absolute Gasteiger partial charge is 0.472 e. The Kier molecular flexibility index (Phi) is 33.4. The van der Waals surface area contributed by atoms with E-state index in [9.17, 15) is 24.2 Å². The second-order valence-electron chi connectivity index (χ2n) is 12.6. The van der Waals surface area contributed by atoms with Crippen molar-refractivity contribution in [3.05, 3.63) is 36.5 Å². The van der Waals surface area contributed by atoms with Gasteiger partial charge in [0.05, 0.1) is 19.8 Å². The monoisotopic (exact) mass is 716 g/mol. The molecule has 0 aliphatic rings. The number of phosphoric ester groups is 1. The second kappa shape index (κ2) is 34.6. The van der Waals surface area contributed by atoms with Crippen LogP contribution < -0.4 is 0 Å². The number of carbonyl (C=O) groups is 2. The van der Waals surface area contributed by atoms with Crippen LogP contribution in [0.25, 0.3) is 0 Å². The molecule has 0 saturated carbocycles. The molecule has 0 rings (SSSR count). The molecule has 0 saturated heterocycles. The number of allylic oxidation sites excluding steroid dienone is 6. The van der Waals surface area contributed by atoms with Gasteiger partial charge in [0.15, 0.2) is 6.10 Å². The molecule has 3 atom stereocenters. The van der Waals surface area contributed by atoms with Crippen molar-refractivity contribution in [3.8, 4) is 0 Å². The van der Waals surface area contributed by atoms with Crippen LogP contribution in [0.1, 0.15) is 155 Å². The van der Waals surface area contributed by atoms with E-state index >= 15 is 0 Å². The Morgan fingerprint density at radius 1 is 0.612 bits per heavy atom. The summed E-state index contributed by atoms with van der Waals surface area (Å²) < 4.78 is 32.5. The molecule has 0 bridgehead atoms.